The fourth-order valence-corrected chi connectivity index (χ4v) is 1.92. The number of halogens is 1. The Hall–Kier alpha value is -1.10. The third-order valence-corrected chi connectivity index (χ3v) is 3.07. The molecule has 1 fully saturated rings. The molecule has 0 bridgehead atoms. The van der Waals surface area contributed by atoms with Gasteiger partial charge in [0.05, 0.1) is 13.2 Å². The molecule has 1 amide bonds. The molecule has 1 aromatic rings. The first kappa shape index (κ1) is 12.4. The van der Waals surface area contributed by atoms with Gasteiger partial charge in [-0.25, -0.2) is 0 Å². The van der Waals surface area contributed by atoms with Crippen LogP contribution in [-0.2, 0) is 9.53 Å². The van der Waals surface area contributed by atoms with Crippen molar-refractivity contribution in [2.24, 2.45) is 5.73 Å². The van der Waals surface area contributed by atoms with Crippen LogP contribution < -0.4 is 5.73 Å². The number of benzene rings is 1. The third kappa shape index (κ3) is 2.97. The fraction of sp³-hybridized carbons (Fsp3) is 0.417. The zero-order chi connectivity index (χ0) is 12.3. The lowest BCUT2D eigenvalue weighted by Gasteiger charge is -2.29. The minimum atomic E-state index is -0.620. The Labute approximate surface area is 105 Å². The number of carbonyl (C=O) groups excluding carboxylic acids is 1. The van der Waals surface area contributed by atoms with E-state index in [0.29, 0.717) is 31.3 Å². The Bertz CT molecular complexity index is 388. The maximum absolute atomic E-state index is 12.1. The Balaban J connectivity index is 2.05. The lowest BCUT2D eigenvalue weighted by atomic mass is 10.1. The van der Waals surface area contributed by atoms with E-state index in [1.165, 1.54) is 0 Å². The summed E-state index contributed by atoms with van der Waals surface area (Å²) in [6, 6.07) is 6.42. The second-order valence-corrected chi connectivity index (χ2v) is 4.40. The first-order valence-electron chi connectivity index (χ1n) is 5.56. The summed E-state index contributed by atoms with van der Waals surface area (Å²) in [5.41, 5.74) is 6.73. The largest absolute Gasteiger partial charge is 0.378 e. The van der Waals surface area contributed by atoms with Gasteiger partial charge in [-0.3, -0.25) is 4.79 Å². The number of rotatable bonds is 2. The first-order valence-corrected chi connectivity index (χ1v) is 5.94. The van der Waals surface area contributed by atoms with Crippen molar-refractivity contribution >= 4 is 17.5 Å². The van der Waals surface area contributed by atoms with E-state index < -0.39 is 6.04 Å². The Kier molecular flexibility index (Phi) is 3.99. The molecule has 0 aromatic heterocycles. The fourth-order valence-electron chi connectivity index (χ4n) is 1.79. The summed E-state index contributed by atoms with van der Waals surface area (Å²) in [6.45, 7) is 2.39. The van der Waals surface area contributed by atoms with Gasteiger partial charge in [-0.2, -0.15) is 0 Å². The second kappa shape index (κ2) is 5.49. The number of nitrogens with two attached hydrogens (primary N) is 1. The van der Waals surface area contributed by atoms with Crippen molar-refractivity contribution in [3.8, 4) is 0 Å². The van der Waals surface area contributed by atoms with Crippen LogP contribution in [0.5, 0.6) is 0 Å². The zero-order valence-corrected chi connectivity index (χ0v) is 10.2. The highest BCUT2D eigenvalue weighted by atomic mass is 35.5. The van der Waals surface area contributed by atoms with Gasteiger partial charge in [0.15, 0.2) is 0 Å². The van der Waals surface area contributed by atoms with E-state index in [4.69, 9.17) is 22.1 Å². The Morgan fingerprint density at radius 1 is 1.29 bits per heavy atom. The molecule has 0 aliphatic carbocycles. The van der Waals surface area contributed by atoms with E-state index in [-0.39, 0.29) is 5.91 Å². The standard InChI is InChI=1S/C12H15ClN2O2/c13-10-3-1-9(2-4-10)11(14)12(16)15-5-7-17-8-6-15/h1-4,11H,5-8,14H2. The van der Waals surface area contributed by atoms with Crippen LogP contribution in [0.25, 0.3) is 0 Å². The highest BCUT2D eigenvalue weighted by Crippen LogP contribution is 2.17. The van der Waals surface area contributed by atoms with Crippen molar-refractivity contribution in [3.05, 3.63) is 34.9 Å². The molecular formula is C12H15ClN2O2. The molecule has 1 aliphatic rings. The van der Waals surface area contributed by atoms with Crippen molar-refractivity contribution in [2.75, 3.05) is 26.3 Å². The predicted molar refractivity (Wildman–Crippen MR) is 65.8 cm³/mol. The average molecular weight is 255 g/mol. The number of ether oxygens (including phenoxy) is 1. The second-order valence-electron chi connectivity index (χ2n) is 3.97. The molecule has 4 nitrogen and oxygen atoms in total. The molecular weight excluding hydrogens is 240 g/mol. The molecule has 0 saturated carbocycles. The molecule has 1 aliphatic heterocycles. The maximum atomic E-state index is 12.1. The monoisotopic (exact) mass is 254 g/mol. The van der Waals surface area contributed by atoms with Gasteiger partial charge >= 0.3 is 0 Å². The van der Waals surface area contributed by atoms with Crippen LogP contribution in [0.1, 0.15) is 11.6 Å². The molecule has 1 atom stereocenters. The molecule has 92 valence electrons. The van der Waals surface area contributed by atoms with Crippen LogP contribution >= 0.6 is 11.6 Å². The summed E-state index contributed by atoms with van der Waals surface area (Å²) in [7, 11) is 0. The third-order valence-electron chi connectivity index (χ3n) is 2.82. The lowest BCUT2D eigenvalue weighted by molar-refractivity contribution is -0.136. The molecule has 0 radical (unpaired) electrons. The van der Waals surface area contributed by atoms with Crippen LogP contribution in [0.2, 0.25) is 5.02 Å². The van der Waals surface area contributed by atoms with Crippen molar-refractivity contribution in [2.45, 2.75) is 6.04 Å². The zero-order valence-electron chi connectivity index (χ0n) is 9.43. The highest BCUT2D eigenvalue weighted by molar-refractivity contribution is 6.30. The lowest BCUT2D eigenvalue weighted by Crippen LogP contribution is -2.45. The van der Waals surface area contributed by atoms with Gasteiger partial charge < -0.3 is 15.4 Å². The molecule has 17 heavy (non-hydrogen) atoms. The van der Waals surface area contributed by atoms with Crippen molar-refractivity contribution in [3.63, 3.8) is 0 Å². The predicted octanol–water partition coefficient (Wildman–Crippen LogP) is 1.20. The van der Waals surface area contributed by atoms with Crippen LogP contribution in [0, 0.1) is 0 Å². The van der Waals surface area contributed by atoms with Crippen LogP contribution in [0.4, 0.5) is 0 Å². The molecule has 2 rings (SSSR count). The van der Waals surface area contributed by atoms with Gasteiger partial charge in [-0.1, -0.05) is 23.7 Å². The molecule has 1 unspecified atom stereocenters. The van der Waals surface area contributed by atoms with E-state index in [1.807, 2.05) is 0 Å². The number of hydrogen-bond donors (Lipinski definition) is 1. The minimum Gasteiger partial charge on any atom is -0.378 e. The molecule has 1 saturated heterocycles. The summed E-state index contributed by atoms with van der Waals surface area (Å²) in [5.74, 6) is -0.0596. The topological polar surface area (TPSA) is 55.6 Å². The van der Waals surface area contributed by atoms with E-state index in [0.717, 1.165) is 5.56 Å². The Morgan fingerprint density at radius 2 is 1.88 bits per heavy atom. The summed E-state index contributed by atoms with van der Waals surface area (Å²) < 4.78 is 5.20. The number of morpholine rings is 1. The van der Waals surface area contributed by atoms with Gasteiger partial charge in [-0.05, 0) is 17.7 Å². The minimum absolute atomic E-state index is 0.0596. The molecule has 2 N–H and O–H groups in total. The van der Waals surface area contributed by atoms with E-state index in [9.17, 15) is 4.79 Å². The van der Waals surface area contributed by atoms with E-state index in [2.05, 4.69) is 0 Å². The SMILES string of the molecule is NC(C(=O)N1CCOCC1)c1ccc(Cl)cc1. The van der Waals surface area contributed by atoms with Gasteiger partial charge in [0.2, 0.25) is 5.91 Å². The van der Waals surface area contributed by atoms with Crippen molar-refractivity contribution in [1.29, 1.82) is 0 Å². The molecule has 1 heterocycles. The summed E-state index contributed by atoms with van der Waals surface area (Å²) in [5, 5.41) is 0.639. The van der Waals surface area contributed by atoms with Crippen LogP contribution in [-0.4, -0.2) is 37.1 Å². The van der Waals surface area contributed by atoms with Crippen LogP contribution in [0.15, 0.2) is 24.3 Å². The number of amides is 1. The molecule has 1 aromatic carbocycles. The maximum Gasteiger partial charge on any atom is 0.244 e. The van der Waals surface area contributed by atoms with E-state index in [1.54, 1.807) is 29.2 Å². The number of nitrogens with zero attached hydrogens (tertiary/aromatic N) is 1. The van der Waals surface area contributed by atoms with Gasteiger partial charge in [-0.15, -0.1) is 0 Å². The highest BCUT2D eigenvalue weighted by Gasteiger charge is 2.23. The summed E-state index contributed by atoms with van der Waals surface area (Å²) >= 11 is 5.79. The van der Waals surface area contributed by atoms with Gasteiger partial charge in [0, 0.05) is 18.1 Å². The summed E-state index contributed by atoms with van der Waals surface area (Å²) in [4.78, 5) is 13.8. The average Bonchev–Trinajstić information content (AvgIpc) is 2.39. The first-order chi connectivity index (χ1) is 8.18. The van der Waals surface area contributed by atoms with Gasteiger partial charge in [0.25, 0.3) is 0 Å². The number of hydrogen-bond acceptors (Lipinski definition) is 3. The van der Waals surface area contributed by atoms with Gasteiger partial charge in [0.1, 0.15) is 6.04 Å². The van der Waals surface area contributed by atoms with Crippen LogP contribution in [0.3, 0.4) is 0 Å². The summed E-state index contributed by atoms with van der Waals surface area (Å²) in [6.07, 6.45) is 0. The smallest absolute Gasteiger partial charge is 0.244 e. The Morgan fingerprint density at radius 3 is 2.47 bits per heavy atom. The normalized spacial score (nSPS) is 17.9. The van der Waals surface area contributed by atoms with E-state index >= 15 is 0 Å². The quantitative estimate of drug-likeness (QED) is 0.863. The molecule has 0 spiro atoms. The molecule has 5 heteroatoms. The number of carbonyl (C=O) groups is 1. The van der Waals surface area contributed by atoms with Crippen molar-refractivity contribution < 1.29 is 9.53 Å². The van der Waals surface area contributed by atoms with Crippen molar-refractivity contribution in [1.82, 2.24) is 4.90 Å².